The van der Waals surface area contributed by atoms with E-state index in [1.54, 1.807) is 18.2 Å². The Morgan fingerprint density at radius 3 is 2.15 bits per heavy atom. The molecule has 0 bridgehead atoms. The van der Waals surface area contributed by atoms with Crippen molar-refractivity contribution in [1.82, 2.24) is 9.80 Å². The number of carbonyl (C=O) groups excluding carboxylic acids is 1. The van der Waals surface area contributed by atoms with E-state index in [0.29, 0.717) is 36.8 Å². The number of carbonyl (C=O) groups is 1. The van der Waals surface area contributed by atoms with Gasteiger partial charge in [0.1, 0.15) is 6.61 Å². The third kappa shape index (κ3) is 6.34. The molecule has 6 nitrogen and oxygen atoms in total. The van der Waals surface area contributed by atoms with Gasteiger partial charge in [-0.15, -0.1) is 0 Å². The van der Waals surface area contributed by atoms with E-state index in [-0.39, 0.29) is 12.5 Å². The number of benzene rings is 3. The van der Waals surface area contributed by atoms with Crippen molar-refractivity contribution in [3.63, 3.8) is 0 Å². The predicted octanol–water partition coefficient (Wildman–Crippen LogP) is 3.86. The Labute approximate surface area is 194 Å². The summed E-state index contributed by atoms with van der Waals surface area (Å²) in [6.07, 6.45) is 0. The summed E-state index contributed by atoms with van der Waals surface area (Å²) in [7, 11) is 0. The molecule has 1 fully saturated rings. The summed E-state index contributed by atoms with van der Waals surface area (Å²) in [5, 5.41) is 9.23. The first-order valence-corrected chi connectivity index (χ1v) is 11.1. The van der Waals surface area contributed by atoms with E-state index in [2.05, 4.69) is 23.1 Å². The van der Waals surface area contributed by atoms with Crippen LogP contribution in [-0.2, 0) is 17.9 Å². The van der Waals surface area contributed by atoms with Gasteiger partial charge in [0, 0.05) is 38.8 Å². The Hall–Kier alpha value is -3.82. The molecule has 33 heavy (non-hydrogen) atoms. The minimum absolute atomic E-state index is 0.0484. The maximum Gasteiger partial charge on any atom is 0.260 e. The van der Waals surface area contributed by atoms with E-state index in [4.69, 9.17) is 9.47 Å². The highest BCUT2D eigenvalue weighted by Gasteiger charge is 2.22. The lowest BCUT2D eigenvalue weighted by Gasteiger charge is -2.34. The lowest BCUT2D eigenvalue weighted by molar-refractivity contribution is -0.135. The predicted molar refractivity (Wildman–Crippen MR) is 126 cm³/mol. The van der Waals surface area contributed by atoms with Gasteiger partial charge in [0.05, 0.1) is 11.6 Å². The van der Waals surface area contributed by atoms with Crippen LogP contribution >= 0.6 is 0 Å². The summed E-state index contributed by atoms with van der Waals surface area (Å²) in [5.41, 5.74) is 2.77. The normalized spacial score (nSPS) is 13.8. The highest BCUT2D eigenvalue weighted by atomic mass is 16.5. The summed E-state index contributed by atoms with van der Waals surface area (Å²) in [4.78, 5) is 16.9. The van der Waals surface area contributed by atoms with Crippen LogP contribution in [0.25, 0.3) is 0 Å². The van der Waals surface area contributed by atoms with Crippen molar-refractivity contribution in [3.8, 4) is 17.6 Å². The molecule has 168 valence electrons. The van der Waals surface area contributed by atoms with Gasteiger partial charge in [-0.3, -0.25) is 9.69 Å². The Bertz CT molecular complexity index is 1090. The van der Waals surface area contributed by atoms with Gasteiger partial charge in [-0.25, -0.2) is 0 Å². The number of nitrogens with zero attached hydrogens (tertiary/aromatic N) is 3. The largest absolute Gasteiger partial charge is 0.485 e. The van der Waals surface area contributed by atoms with Crippen molar-refractivity contribution in [1.29, 1.82) is 5.26 Å². The van der Waals surface area contributed by atoms with E-state index in [1.807, 2.05) is 53.4 Å². The minimum Gasteiger partial charge on any atom is -0.485 e. The molecule has 0 saturated carbocycles. The maximum atomic E-state index is 12.7. The zero-order chi connectivity index (χ0) is 22.9. The smallest absolute Gasteiger partial charge is 0.260 e. The lowest BCUT2D eigenvalue weighted by Crippen LogP contribution is -2.49. The molecule has 0 N–H and O–H groups in total. The zero-order valence-corrected chi connectivity index (χ0v) is 18.5. The van der Waals surface area contributed by atoms with E-state index >= 15 is 0 Å². The van der Waals surface area contributed by atoms with Crippen LogP contribution in [0.15, 0.2) is 78.9 Å². The van der Waals surface area contributed by atoms with Gasteiger partial charge in [0.15, 0.2) is 18.1 Å². The first-order valence-electron chi connectivity index (χ1n) is 11.1. The highest BCUT2D eigenvalue weighted by Crippen LogP contribution is 2.29. The van der Waals surface area contributed by atoms with Crippen LogP contribution in [0.3, 0.4) is 0 Å². The van der Waals surface area contributed by atoms with Crippen LogP contribution in [0.2, 0.25) is 0 Å². The average molecular weight is 442 g/mol. The van der Waals surface area contributed by atoms with Gasteiger partial charge < -0.3 is 14.4 Å². The Morgan fingerprint density at radius 2 is 1.48 bits per heavy atom. The lowest BCUT2D eigenvalue weighted by atomic mass is 10.2. The molecule has 0 unspecified atom stereocenters. The third-order valence-electron chi connectivity index (χ3n) is 5.64. The number of nitriles is 1. The molecule has 1 aliphatic rings. The van der Waals surface area contributed by atoms with Crippen LogP contribution in [0.4, 0.5) is 0 Å². The summed E-state index contributed by atoms with van der Waals surface area (Å²) in [6.45, 7) is 4.22. The quantitative estimate of drug-likeness (QED) is 0.531. The van der Waals surface area contributed by atoms with Gasteiger partial charge >= 0.3 is 0 Å². The highest BCUT2D eigenvalue weighted by molar-refractivity contribution is 5.78. The first-order chi connectivity index (χ1) is 16.2. The number of hydrogen-bond donors (Lipinski definition) is 0. The summed E-state index contributed by atoms with van der Waals surface area (Å²) < 4.78 is 11.7. The molecule has 0 aliphatic carbocycles. The van der Waals surface area contributed by atoms with Crippen LogP contribution in [0, 0.1) is 11.3 Å². The molecule has 1 saturated heterocycles. The van der Waals surface area contributed by atoms with E-state index < -0.39 is 0 Å². The maximum absolute atomic E-state index is 12.7. The molecule has 0 aromatic heterocycles. The molecule has 0 radical (unpaired) electrons. The van der Waals surface area contributed by atoms with E-state index in [9.17, 15) is 10.1 Å². The minimum atomic E-state index is -0.0632. The number of piperazine rings is 1. The molecular weight excluding hydrogens is 414 g/mol. The number of hydrogen-bond acceptors (Lipinski definition) is 5. The molecule has 0 atom stereocenters. The van der Waals surface area contributed by atoms with Crippen molar-refractivity contribution in [2.24, 2.45) is 0 Å². The first kappa shape index (κ1) is 22.4. The van der Waals surface area contributed by atoms with Gasteiger partial charge in [0.2, 0.25) is 0 Å². The standard InChI is InChI=1S/C27H27N3O3/c28-18-24-11-12-25(26(17-24)32-20-23-9-5-2-6-10-23)33-21-27(31)30-15-13-29(14-16-30)19-22-7-3-1-4-8-22/h1-12,17H,13-16,19-21H2. The number of ether oxygens (including phenoxy) is 2. The summed E-state index contributed by atoms with van der Waals surface area (Å²) in [5.74, 6) is 0.868. The second kappa shape index (κ2) is 11.2. The van der Waals surface area contributed by atoms with Crippen molar-refractivity contribution in [2.45, 2.75) is 13.2 Å². The Kier molecular flexibility index (Phi) is 7.57. The third-order valence-corrected chi connectivity index (χ3v) is 5.64. The monoisotopic (exact) mass is 441 g/mol. The molecule has 1 amide bonds. The van der Waals surface area contributed by atoms with Crippen LogP contribution < -0.4 is 9.47 Å². The van der Waals surface area contributed by atoms with Gasteiger partial charge in [-0.2, -0.15) is 5.26 Å². The summed E-state index contributed by atoms with van der Waals surface area (Å²) in [6, 6.07) is 27.2. The molecule has 1 aliphatic heterocycles. The molecule has 4 rings (SSSR count). The second-order valence-corrected chi connectivity index (χ2v) is 7.98. The Morgan fingerprint density at radius 1 is 0.818 bits per heavy atom. The molecule has 3 aromatic carbocycles. The van der Waals surface area contributed by atoms with Gasteiger partial charge in [-0.1, -0.05) is 60.7 Å². The number of rotatable bonds is 8. The van der Waals surface area contributed by atoms with Crippen molar-refractivity contribution in [3.05, 3.63) is 95.6 Å². The average Bonchev–Trinajstić information content (AvgIpc) is 2.88. The second-order valence-electron chi connectivity index (χ2n) is 7.98. The molecule has 0 spiro atoms. The van der Waals surface area contributed by atoms with Crippen molar-refractivity contribution < 1.29 is 14.3 Å². The van der Waals surface area contributed by atoms with Gasteiger partial charge in [0.25, 0.3) is 5.91 Å². The summed E-state index contributed by atoms with van der Waals surface area (Å²) >= 11 is 0. The fraction of sp³-hybridized carbons (Fsp3) is 0.259. The molecule has 6 heteroatoms. The Balaban J connectivity index is 1.30. The van der Waals surface area contributed by atoms with E-state index in [1.165, 1.54) is 5.56 Å². The van der Waals surface area contributed by atoms with Gasteiger partial charge in [-0.05, 0) is 23.3 Å². The molecule has 3 aromatic rings. The van der Waals surface area contributed by atoms with Crippen molar-refractivity contribution in [2.75, 3.05) is 32.8 Å². The SMILES string of the molecule is N#Cc1ccc(OCC(=O)N2CCN(Cc3ccccc3)CC2)c(OCc2ccccc2)c1. The fourth-order valence-corrected chi connectivity index (χ4v) is 3.77. The molecule has 1 heterocycles. The fourth-order valence-electron chi connectivity index (χ4n) is 3.77. The number of amides is 1. The van der Waals surface area contributed by atoms with Crippen molar-refractivity contribution >= 4 is 5.91 Å². The van der Waals surface area contributed by atoms with Crippen LogP contribution in [0.5, 0.6) is 11.5 Å². The van der Waals surface area contributed by atoms with E-state index in [0.717, 1.165) is 25.2 Å². The molecular formula is C27H27N3O3. The topological polar surface area (TPSA) is 65.8 Å². The van der Waals surface area contributed by atoms with Crippen LogP contribution in [0.1, 0.15) is 16.7 Å². The van der Waals surface area contributed by atoms with Crippen LogP contribution in [-0.4, -0.2) is 48.5 Å². The zero-order valence-electron chi connectivity index (χ0n) is 18.5.